The van der Waals surface area contributed by atoms with Crippen molar-refractivity contribution in [2.45, 2.75) is 4.90 Å². The Hall–Kier alpha value is -3.71. The predicted octanol–water partition coefficient (Wildman–Crippen LogP) is 1.88. The van der Waals surface area contributed by atoms with Gasteiger partial charge in [-0.2, -0.15) is 8.42 Å². The van der Waals surface area contributed by atoms with Gasteiger partial charge in [0.15, 0.2) is 0 Å². The lowest BCUT2D eigenvalue weighted by molar-refractivity contribution is -0.384. The number of nitrogens with zero attached hydrogens (tertiary/aromatic N) is 2. The smallest absolute Gasteiger partial charge is 0.339 e. The third-order valence-corrected chi connectivity index (χ3v) is 6.08. The van der Waals surface area contributed by atoms with Crippen molar-refractivity contribution in [3.05, 3.63) is 69.1 Å². The van der Waals surface area contributed by atoms with Crippen LogP contribution in [0.2, 0.25) is 0 Å². The molecule has 0 unspecified atom stereocenters. The quantitative estimate of drug-likeness (QED) is 0.279. The molecular formula is C18H13N3O8S2. The molecular weight excluding hydrogens is 450 g/mol. The van der Waals surface area contributed by atoms with Gasteiger partial charge in [-0.25, -0.2) is 0 Å². The number of non-ortho nitro benzene ring substituents is 1. The van der Waals surface area contributed by atoms with E-state index in [9.17, 15) is 32.9 Å². The van der Waals surface area contributed by atoms with Crippen LogP contribution >= 0.6 is 11.8 Å². The highest BCUT2D eigenvalue weighted by atomic mass is 32.2. The van der Waals surface area contributed by atoms with Crippen LogP contribution in [-0.4, -0.2) is 41.8 Å². The maximum Gasteiger partial charge on any atom is 0.339 e. The van der Waals surface area contributed by atoms with E-state index in [1.807, 2.05) is 0 Å². The van der Waals surface area contributed by atoms with Crippen molar-refractivity contribution in [1.82, 2.24) is 4.90 Å². The zero-order valence-corrected chi connectivity index (χ0v) is 17.1. The molecule has 0 aliphatic carbocycles. The van der Waals surface area contributed by atoms with Crippen LogP contribution < -0.4 is 9.92 Å². The number of amides is 3. The molecule has 0 atom stereocenters. The molecule has 1 saturated heterocycles. The van der Waals surface area contributed by atoms with E-state index in [0.717, 1.165) is 29.2 Å². The zero-order chi connectivity index (χ0) is 22.8. The number of primary amides is 1. The number of nitro groups is 1. The van der Waals surface area contributed by atoms with Crippen molar-refractivity contribution < 1.29 is 31.9 Å². The number of carbonyl (C=O) groups excluding carboxylic acids is 3. The van der Waals surface area contributed by atoms with Gasteiger partial charge in [-0.05, 0) is 47.7 Å². The number of rotatable bonds is 7. The van der Waals surface area contributed by atoms with Crippen LogP contribution in [0.1, 0.15) is 5.56 Å². The first-order valence-electron chi connectivity index (χ1n) is 8.39. The van der Waals surface area contributed by atoms with Crippen LogP contribution in [0.4, 0.5) is 10.5 Å². The van der Waals surface area contributed by atoms with Crippen LogP contribution in [0, 0.1) is 10.1 Å². The number of nitro benzene ring substituents is 1. The van der Waals surface area contributed by atoms with Gasteiger partial charge in [-0.3, -0.25) is 29.4 Å². The fourth-order valence-corrected chi connectivity index (χ4v) is 4.24. The minimum absolute atomic E-state index is 0.0302. The minimum Gasteiger partial charge on any atom is -0.379 e. The Balaban J connectivity index is 1.74. The summed E-state index contributed by atoms with van der Waals surface area (Å²) in [4.78, 5) is 45.5. The number of imide groups is 1. The van der Waals surface area contributed by atoms with Crippen LogP contribution in [0.15, 0.2) is 58.3 Å². The fraction of sp³-hybridized carbons (Fsp3) is 0.0556. The second-order valence-corrected chi connectivity index (χ2v) is 8.63. The summed E-state index contributed by atoms with van der Waals surface area (Å²) in [5, 5.41) is 10.0. The summed E-state index contributed by atoms with van der Waals surface area (Å²) in [6.07, 6.45) is 1.40. The molecule has 2 N–H and O–H groups in total. The van der Waals surface area contributed by atoms with E-state index in [1.54, 1.807) is 0 Å². The molecule has 0 bridgehead atoms. The first-order valence-corrected chi connectivity index (χ1v) is 10.6. The lowest BCUT2D eigenvalue weighted by atomic mass is 10.2. The molecule has 3 rings (SSSR count). The number of carbonyl (C=O) groups is 3. The summed E-state index contributed by atoms with van der Waals surface area (Å²) in [6.45, 7) is -0.519. The maximum absolute atomic E-state index is 12.3. The summed E-state index contributed by atoms with van der Waals surface area (Å²) in [5.74, 6) is -1.51. The number of hydrogen-bond acceptors (Lipinski definition) is 9. The van der Waals surface area contributed by atoms with Gasteiger partial charge in [0.05, 0.1) is 9.83 Å². The van der Waals surface area contributed by atoms with E-state index in [-0.39, 0.29) is 21.2 Å². The van der Waals surface area contributed by atoms with Crippen molar-refractivity contribution in [1.29, 1.82) is 0 Å². The van der Waals surface area contributed by atoms with Crippen LogP contribution in [0.3, 0.4) is 0 Å². The van der Waals surface area contributed by atoms with Gasteiger partial charge < -0.3 is 9.92 Å². The molecule has 2 aromatic carbocycles. The van der Waals surface area contributed by atoms with Gasteiger partial charge in [0.2, 0.25) is 5.91 Å². The van der Waals surface area contributed by atoms with E-state index < -0.39 is 38.6 Å². The molecule has 1 aliphatic rings. The van der Waals surface area contributed by atoms with Gasteiger partial charge in [-0.1, -0.05) is 12.1 Å². The average Bonchev–Trinajstić information content (AvgIpc) is 2.96. The van der Waals surface area contributed by atoms with E-state index in [0.29, 0.717) is 17.3 Å². The van der Waals surface area contributed by atoms with E-state index in [2.05, 4.69) is 0 Å². The number of hydrogen-bond donors (Lipinski definition) is 1. The summed E-state index contributed by atoms with van der Waals surface area (Å²) >= 11 is 0.649. The molecule has 160 valence electrons. The molecule has 1 heterocycles. The summed E-state index contributed by atoms with van der Waals surface area (Å²) in [5.41, 5.74) is 5.23. The third-order valence-electron chi connectivity index (χ3n) is 3.91. The number of benzene rings is 2. The van der Waals surface area contributed by atoms with Crippen molar-refractivity contribution in [2.75, 3.05) is 6.54 Å². The molecule has 2 aromatic rings. The molecule has 0 spiro atoms. The molecule has 31 heavy (non-hydrogen) atoms. The maximum atomic E-state index is 12.3. The molecule has 1 aliphatic heterocycles. The number of nitrogens with two attached hydrogens (primary N) is 1. The van der Waals surface area contributed by atoms with Crippen molar-refractivity contribution in [3.8, 4) is 5.75 Å². The standard InChI is InChI=1S/C18H13N3O8S2/c19-16(22)10-20-17(23)15(30-18(20)24)9-11-1-5-13(6-2-11)29-31(27,28)14-7-3-12(4-8-14)21(25)26/h1-9H,10H2,(H2,19,22)/b15-9-. The van der Waals surface area contributed by atoms with Gasteiger partial charge in [0.1, 0.15) is 17.2 Å². The first-order chi connectivity index (χ1) is 14.6. The van der Waals surface area contributed by atoms with Crippen molar-refractivity contribution in [2.24, 2.45) is 5.73 Å². The highest BCUT2D eigenvalue weighted by Gasteiger charge is 2.35. The Morgan fingerprint density at radius 1 is 1.13 bits per heavy atom. The van der Waals surface area contributed by atoms with E-state index in [4.69, 9.17) is 9.92 Å². The highest BCUT2D eigenvalue weighted by molar-refractivity contribution is 8.18. The van der Waals surface area contributed by atoms with Crippen molar-refractivity contribution >= 4 is 50.7 Å². The molecule has 11 nitrogen and oxygen atoms in total. The third kappa shape index (κ3) is 5.07. The first kappa shape index (κ1) is 22.0. The normalized spacial score (nSPS) is 15.4. The van der Waals surface area contributed by atoms with Gasteiger partial charge in [0, 0.05) is 12.1 Å². The largest absolute Gasteiger partial charge is 0.379 e. The SMILES string of the molecule is NC(=O)CN1C(=O)S/C(=C\c2ccc(OS(=O)(=O)c3ccc([N+](=O)[O-])cc3)cc2)C1=O. The van der Waals surface area contributed by atoms with Crippen molar-refractivity contribution in [3.63, 3.8) is 0 Å². The molecule has 0 aromatic heterocycles. The Bertz CT molecular complexity index is 1210. The number of thioether (sulfide) groups is 1. The molecule has 3 amide bonds. The topological polar surface area (TPSA) is 167 Å². The lowest BCUT2D eigenvalue weighted by Gasteiger charge is -2.08. The predicted molar refractivity (Wildman–Crippen MR) is 109 cm³/mol. The average molecular weight is 463 g/mol. The van der Waals surface area contributed by atoms with Crippen LogP contribution in [0.25, 0.3) is 6.08 Å². The Kier molecular flexibility index (Phi) is 6.08. The zero-order valence-electron chi connectivity index (χ0n) is 15.5. The molecule has 0 saturated carbocycles. The summed E-state index contributed by atoms with van der Waals surface area (Å²) in [7, 11) is -4.22. The van der Waals surface area contributed by atoms with Crippen LogP contribution in [0.5, 0.6) is 5.75 Å². The molecule has 13 heteroatoms. The molecule has 0 radical (unpaired) electrons. The lowest BCUT2D eigenvalue weighted by Crippen LogP contribution is -2.36. The Labute approximate surface area is 179 Å². The van der Waals surface area contributed by atoms with Gasteiger partial charge in [-0.15, -0.1) is 0 Å². The molecule has 1 fully saturated rings. The Morgan fingerprint density at radius 2 is 1.74 bits per heavy atom. The minimum atomic E-state index is -4.22. The van der Waals surface area contributed by atoms with E-state index >= 15 is 0 Å². The summed E-state index contributed by atoms with van der Waals surface area (Å²) < 4.78 is 29.6. The van der Waals surface area contributed by atoms with E-state index in [1.165, 1.54) is 30.3 Å². The second-order valence-electron chi connectivity index (χ2n) is 6.09. The second kappa shape index (κ2) is 8.57. The van der Waals surface area contributed by atoms with Gasteiger partial charge >= 0.3 is 10.1 Å². The monoisotopic (exact) mass is 463 g/mol. The van der Waals surface area contributed by atoms with Crippen LogP contribution in [-0.2, 0) is 19.7 Å². The Morgan fingerprint density at radius 3 is 2.29 bits per heavy atom. The fourth-order valence-electron chi connectivity index (χ4n) is 2.47. The summed E-state index contributed by atoms with van der Waals surface area (Å²) in [6, 6.07) is 9.81. The highest BCUT2D eigenvalue weighted by Crippen LogP contribution is 2.32. The van der Waals surface area contributed by atoms with Gasteiger partial charge in [0.25, 0.3) is 16.8 Å².